The number of para-hydroxylation sites is 1. The molecular formula is C18H31NO. The summed E-state index contributed by atoms with van der Waals surface area (Å²) in [5.74, 6) is 3.13. The summed E-state index contributed by atoms with van der Waals surface area (Å²) in [7, 11) is 1.76. The van der Waals surface area contributed by atoms with Gasteiger partial charge in [0.2, 0.25) is 0 Å². The van der Waals surface area contributed by atoms with Gasteiger partial charge in [0.05, 0.1) is 7.11 Å². The maximum absolute atomic E-state index is 5.47. The molecule has 114 valence electrons. The second-order valence-electron chi connectivity index (χ2n) is 6.56. The van der Waals surface area contributed by atoms with E-state index in [1.165, 1.54) is 12.0 Å². The third kappa shape index (κ3) is 6.42. The molecule has 0 spiro atoms. The molecule has 0 bridgehead atoms. The van der Waals surface area contributed by atoms with Crippen molar-refractivity contribution >= 4 is 0 Å². The molecule has 2 heteroatoms. The van der Waals surface area contributed by atoms with Crippen LogP contribution in [0.1, 0.15) is 39.7 Å². The highest BCUT2D eigenvalue weighted by Crippen LogP contribution is 2.24. The molecular weight excluding hydrogens is 246 g/mol. The summed E-state index contributed by atoms with van der Waals surface area (Å²) < 4.78 is 5.47. The first-order valence-electron chi connectivity index (χ1n) is 7.85. The van der Waals surface area contributed by atoms with Crippen molar-refractivity contribution in [3.05, 3.63) is 29.8 Å². The fraction of sp³-hybridized carbons (Fsp3) is 0.667. The topological polar surface area (TPSA) is 21.3 Å². The van der Waals surface area contributed by atoms with Gasteiger partial charge in [-0.15, -0.1) is 0 Å². The Hall–Kier alpha value is -1.02. The molecule has 0 amide bonds. The second-order valence-corrected chi connectivity index (χ2v) is 6.56. The van der Waals surface area contributed by atoms with Crippen LogP contribution in [0.25, 0.3) is 0 Å². The summed E-state index contributed by atoms with van der Waals surface area (Å²) in [5, 5.41) is 3.61. The standard InChI is InChI=1S/C18H31NO/c1-14(2)10-16(13-19-12-15(3)4)11-17-8-6-7-9-18(17)20-5/h6-9,14-16,19H,10-13H2,1-5H3. The van der Waals surface area contributed by atoms with Crippen LogP contribution < -0.4 is 10.1 Å². The first-order chi connectivity index (χ1) is 9.52. The van der Waals surface area contributed by atoms with Gasteiger partial charge in [-0.3, -0.25) is 0 Å². The molecule has 1 unspecified atom stereocenters. The number of hydrogen-bond acceptors (Lipinski definition) is 2. The van der Waals surface area contributed by atoms with Crippen LogP contribution in [0.5, 0.6) is 5.75 Å². The van der Waals surface area contributed by atoms with E-state index in [1.807, 2.05) is 6.07 Å². The summed E-state index contributed by atoms with van der Waals surface area (Å²) in [6.07, 6.45) is 2.34. The van der Waals surface area contributed by atoms with Gasteiger partial charge in [-0.1, -0.05) is 45.9 Å². The number of ether oxygens (including phenoxy) is 1. The van der Waals surface area contributed by atoms with Gasteiger partial charge in [-0.05, 0) is 55.3 Å². The minimum absolute atomic E-state index is 0.671. The van der Waals surface area contributed by atoms with Crippen molar-refractivity contribution in [1.29, 1.82) is 0 Å². The zero-order valence-corrected chi connectivity index (χ0v) is 13.8. The Morgan fingerprint density at radius 3 is 2.30 bits per heavy atom. The first kappa shape index (κ1) is 17.0. The lowest BCUT2D eigenvalue weighted by atomic mass is 9.90. The number of nitrogens with one attached hydrogen (secondary N) is 1. The third-order valence-electron chi connectivity index (χ3n) is 3.49. The molecule has 0 aliphatic carbocycles. The molecule has 20 heavy (non-hydrogen) atoms. The molecule has 0 heterocycles. The van der Waals surface area contributed by atoms with Crippen LogP contribution in [-0.4, -0.2) is 20.2 Å². The predicted octanol–water partition coefficient (Wildman–Crippen LogP) is 4.15. The summed E-state index contributed by atoms with van der Waals surface area (Å²) in [4.78, 5) is 0. The van der Waals surface area contributed by atoms with Gasteiger partial charge in [0.25, 0.3) is 0 Å². The van der Waals surface area contributed by atoms with Gasteiger partial charge in [-0.2, -0.15) is 0 Å². The lowest BCUT2D eigenvalue weighted by molar-refractivity contribution is 0.364. The van der Waals surface area contributed by atoms with E-state index < -0.39 is 0 Å². The molecule has 0 aliphatic heterocycles. The lowest BCUT2D eigenvalue weighted by Gasteiger charge is -2.21. The van der Waals surface area contributed by atoms with Crippen molar-refractivity contribution in [3.63, 3.8) is 0 Å². The van der Waals surface area contributed by atoms with Crippen LogP contribution in [0.2, 0.25) is 0 Å². The molecule has 1 aromatic rings. The molecule has 0 fully saturated rings. The van der Waals surface area contributed by atoms with E-state index in [0.29, 0.717) is 11.8 Å². The van der Waals surface area contributed by atoms with E-state index in [1.54, 1.807) is 7.11 Å². The van der Waals surface area contributed by atoms with Gasteiger partial charge >= 0.3 is 0 Å². The van der Waals surface area contributed by atoms with Gasteiger partial charge < -0.3 is 10.1 Å². The van der Waals surface area contributed by atoms with Gasteiger partial charge in [0.15, 0.2) is 0 Å². The maximum atomic E-state index is 5.47. The second kappa shape index (κ2) is 9.02. The zero-order chi connectivity index (χ0) is 15.0. The van der Waals surface area contributed by atoms with Gasteiger partial charge in [-0.25, -0.2) is 0 Å². The van der Waals surface area contributed by atoms with Crippen molar-refractivity contribution in [2.75, 3.05) is 20.2 Å². The van der Waals surface area contributed by atoms with Crippen LogP contribution in [-0.2, 0) is 6.42 Å². The van der Waals surface area contributed by atoms with Gasteiger partial charge in [0, 0.05) is 0 Å². The van der Waals surface area contributed by atoms with E-state index in [4.69, 9.17) is 4.74 Å². The largest absolute Gasteiger partial charge is 0.496 e. The van der Waals surface area contributed by atoms with E-state index >= 15 is 0 Å². The zero-order valence-electron chi connectivity index (χ0n) is 13.8. The number of rotatable bonds is 9. The Balaban J connectivity index is 2.63. The Morgan fingerprint density at radius 1 is 1.00 bits per heavy atom. The van der Waals surface area contributed by atoms with E-state index in [0.717, 1.165) is 31.2 Å². The fourth-order valence-corrected chi connectivity index (χ4v) is 2.66. The molecule has 0 saturated carbocycles. The minimum Gasteiger partial charge on any atom is -0.496 e. The number of methoxy groups -OCH3 is 1. The molecule has 0 saturated heterocycles. The average Bonchev–Trinajstić information content (AvgIpc) is 2.38. The molecule has 1 rings (SSSR count). The molecule has 0 aliphatic rings. The molecule has 0 aromatic heterocycles. The predicted molar refractivity (Wildman–Crippen MR) is 87.4 cm³/mol. The van der Waals surface area contributed by atoms with Crippen molar-refractivity contribution in [2.45, 2.75) is 40.5 Å². The van der Waals surface area contributed by atoms with E-state index in [9.17, 15) is 0 Å². The monoisotopic (exact) mass is 277 g/mol. The Morgan fingerprint density at radius 2 is 1.70 bits per heavy atom. The minimum atomic E-state index is 0.671. The fourth-order valence-electron chi connectivity index (χ4n) is 2.66. The molecule has 2 nitrogen and oxygen atoms in total. The Kier molecular flexibility index (Phi) is 7.68. The van der Waals surface area contributed by atoms with E-state index in [-0.39, 0.29) is 0 Å². The third-order valence-corrected chi connectivity index (χ3v) is 3.49. The van der Waals surface area contributed by atoms with Crippen molar-refractivity contribution < 1.29 is 4.74 Å². The SMILES string of the molecule is COc1ccccc1CC(CNCC(C)C)CC(C)C. The van der Waals surface area contributed by atoms with Crippen LogP contribution in [0.3, 0.4) is 0 Å². The van der Waals surface area contributed by atoms with Crippen molar-refractivity contribution in [1.82, 2.24) is 5.32 Å². The molecule has 1 aromatic carbocycles. The normalized spacial score (nSPS) is 12.9. The van der Waals surface area contributed by atoms with Crippen LogP contribution >= 0.6 is 0 Å². The maximum Gasteiger partial charge on any atom is 0.122 e. The number of benzene rings is 1. The van der Waals surface area contributed by atoms with Crippen LogP contribution in [0.4, 0.5) is 0 Å². The molecule has 0 radical (unpaired) electrons. The summed E-state index contributed by atoms with van der Waals surface area (Å²) in [6.45, 7) is 11.3. The lowest BCUT2D eigenvalue weighted by Crippen LogP contribution is -2.28. The Labute approximate surface area is 124 Å². The molecule has 1 atom stereocenters. The molecule has 1 N–H and O–H groups in total. The average molecular weight is 277 g/mol. The summed E-state index contributed by atoms with van der Waals surface area (Å²) >= 11 is 0. The Bertz CT molecular complexity index is 373. The summed E-state index contributed by atoms with van der Waals surface area (Å²) in [6, 6.07) is 8.39. The smallest absolute Gasteiger partial charge is 0.122 e. The van der Waals surface area contributed by atoms with E-state index in [2.05, 4.69) is 51.2 Å². The van der Waals surface area contributed by atoms with Crippen LogP contribution in [0, 0.1) is 17.8 Å². The van der Waals surface area contributed by atoms with Gasteiger partial charge in [0.1, 0.15) is 5.75 Å². The summed E-state index contributed by atoms with van der Waals surface area (Å²) in [5.41, 5.74) is 1.33. The highest BCUT2D eigenvalue weighted by Gasteiger charge is 2.14. The van der Waals surface area contributed by atoms with Crippen LogP contribution in [0.15, 0.2) is 24.3 Å². The first-order valence-corrected chi connectivity index (χ1v) is 7.85. The van der Waals surface area contributed by atoms with Crippen molar-refractivity contribution in [2.24, 2.45) is 17.8 Å². The highest BCUT2D eigenvalue weighted by molar-refractivity contribution is 5.33. The number of hydrogen-bond donors (Lipinski definition) is 1. The quantitative estimate of drug-likeness (QED) is 0.732. The highest BCUT2D eigenvalue weighted by atomic mass is 16.5. The van der Waals surface area contributed by atoms with Crippen molar-refractivity contribution in [3.8, 4) is 5.75 Å².